The molecule has 0 fully saturated rings. The first-order valence-electron chi connectivity index (χ1n) is 6.72. The van der Waals surface area contributed by atoms with Crippen molar-refractivity contribution in [2.75, 3.05) is 11.9 Å². The maximum absolute atomic E-state index is 11.9. The van der Waals surface area contributed by atoms with Gasteiger partial charge in [-0.3, -0.25) is 4.79 Å². The predicted molar refractivity (Wildman–Crippen MR) is 88.9 cm³/mol. The molecule has 0 aliphatic carbocycles. The van der Waals surface area contributed by atoms with Crippen molar-refractivity contribution < 1.29 is 9.53 Å². The molecule has 1 N–H and O–H groups in total. The Balaban J connectivity index is 1.94. The van der Waals surface area contributed by atoms with Crippen molar-refractivity contribution in [3.05, 3.63) is 57.6 Å². The third-order valence-electron chi connectivity index (χ3n) is 3.14. The summed E-state index contributed by atoms with van der Waals surface area (Å²) >= 11 is 3.45. The SMILES string of the molecule is Cc1ccc(OCC(=O)Nc2ccc(C)c(Br)c2)c(C)c1. The third-order valence-corrected chi connectivity index (χ3v) is 4.00. The fraction of sp³-hybridized carbons (Fsp3) is 0.235. The molecule has 4 heteroatoms. The van der Waals surface area contributed by atoms with Crippen LogP contribution < -0.4 is 10.1 Å². The van der Waals surface area contributed by atoms with Crippen LogP contribution in [0.25, 0.3) is 0 Å². The fourth-order valence-electron chi connectivity index (χ4n) is 1.97. The van der Waals surface area contributed by atoms with E-state index in [2.05, 4.69) is 21.2 Å². The fourth-order valence-corrected chi connectivity index (χ4v) is 2.35. The summed E-state index contributed by atoms with van der Waals surface area (Å²) in [6.07, 6.45) is 0. The Morgan fingerprint density at radius 2 is 1.86 bits per heavy atom. The zero-order valence-corrected chi connectivity index (χ0v) is 14.0. The van der Waals surface area contributed by atoms with Gasteiger partial charge in [0, 0.05) is 10.2 Å². The van der Waals surface area contributed by atoms with Gasteiger partial charge in [0.05, 0.1) is 0 Å². The lowest BCUT2D eigenvalue weighted by molar-refractivity contribution is -0.118. The van der Waals surface area contributed by atoms with E-state index in [0.717, 1.165) is 27.0 Å². The highest BCUT2D eigenvalue weighted by molar-refractivity contribution is 9.10. The number of rotatable bonds is 4. The van der Waals surface area contributed by atoms with E-state index in [1.807, 2.05) is 57.2 Å². The molecule has 0 aliphatic heterocycles. The van der Waals surface area contributed by atoms with Crippen LogP contribution in [0, 0.1) is 20.8 Å². The lowest BCUT2D eigenvalue weighted by Crippen LogP contribution is -2.20. The Kier molecular flexibility index (Phi) is 5.02. The number of benzene rings is 2. The minimum Gasteiger partial charge on any atom is -0.483 e. The largest absolute Gasteiger partial charge is 0.483 e. The van der Waals surface area contributed by atoms with Crippen molar-refractivity contribution in [1.82, 2.24) is 0 Å². The average Bonchev–Trinajstić information content (AvgIpc) is 2.42. The summed E-state index contributed by atoms with van der Waals surface area (Å²) in [5.41, 5.74) is 4.08. The van der Waals surface area contributed by atoms with E-state index in [-0.39, 0.29) is 12.5 Å². The normalized spacial score (nSPS) is 10.3. The first-order chi connectivity index (χ1) is 9.95. The van der Waals surface area contributed by atoms with Crippen molar-refractivity contribution >= 4 is 27.5 Å². The lowest BCUT2D eigenvalue weighted by atomic mass is 10.1. The summed E-state index contributed by atoms with van der Waals surface area (Å²) < 4.78 is 6.52. The number of amides is 1. The van der Waals surface area contributed by atoms with Crippen LogP contribution >= 0.6 is 15.9 Å². The van der Waals surface area contributed by atoms with Gasteiger partial charge in [0.25, 0.3) is 5.91 Å². The van der Waals surface area contributed by atoms with Gasteiger partial charge in [0.15, 0.2) is 6.61 Å². The molecule has 0 bridgehead atoms. The standard InChI is InChI=1S/C17H18BrNO2/c1-11-4-7-16(13(3)8-11)21-10-17(20)19-14-6-5-12(2)15(18)9-14/h4-9H,10H2,1-3H3,(H,19,20). The molecule has 0 radical (unpaired) electrons. The Bertz CT molecular complexity index is 668. The highest BCUT2D eigenvalue weighted by atomic mass is 79.9. The number of carbonyl (C=O) groups excluding carboxylic acids is 1. The molecule has 110 valence electrons. The van der Waals surface area contributed by atoms with E-state index in [0.29, 0.717) is 0 Å². The Labute approximate surface area is 133 Å². The van der Waals surface area contributed by atoms with Crippen LogP contribution in [0.3, 0.4) is 0 Å². The number of hydrogen-bond donors (Lipinski definition) is 1. The van der Waals surface area contributed by atoms with E-state index in [4.69, 9.17) is 4.74 Å². The van der Waals surface area contributed by atoms with Crippen molar-refractivity contribution in [2.45, 2.75) is 20.8 Å². The third kappa shape index (κ3) is 4.33. The summed E-state index contributed by atoms with van der Waals surface area (Å²) in [7, 11) is 0. The van der Waals surface area contributed by atoms with Crippen LogP contribution in [0.2, 0.25) is 0 Å². The van der Waals surface area contributed by atoms with Gasteiger partial charge in [-0.05, 0) is 50.1 Å². The number of anilines is 1. The average molecular weight is 348 g/mol. The highest BCUT2D eigenvalue weighted by Crippen LogP contribution is 2.21. The van der Waals surface area contributed by atoms with Gasteiger partial charge >= 0.3 is 0 Å². The second-order valence-corrected chi connectivity index (χ2v) is 5.92. The summed E-state index contributed by atoms with van der Waals surface area (Å²) in [6, 6.07) is 11.6. The van der Waals surface area contributed by atoms with Crippen LogP contribution in [0.15, 0.2) is 40.9 Å². The molecule has 2 rings (SSSR count). The molecule has 2 aromatic rings. The second kappa shape index (κ2) is 6.76. The summed E-state index contributed by atoms with van der Waals surface area (Å²) in [5, 5.41) is 2.82. The highest BCUT2D eigenvalue weighted by Gasteiger charge is 2.06. The van der Waals surface area contributed by atoms with Crippen molar-refractivity contribution in [1.29, 1.82) is 0 Å². The zero-order chi connectivity index (χ0) is 15.4. The molecular weight excluding hydrogens is 330 g/mol. The quantitative estimate of drug-likeness (QED) is 0.890. The van der Waals surface area contributed by atoms with Gasteiger partial charge < -0.3 is 10.1 Å². The summed E-state index contributed by atoms with van der Waals surface area (Å²) in [5.74, 6) is 0.562. The molecule has 0 spiro atoms. The minimum atomic E-state index is -0.175. The number of nitrogens with one attached hydrogen (secondary N) is 1. The summed E-state index contributed by atoms with van der Waals surface area (Å²) in [4.78, 5) is 11.9. The minimum absolute atomic E-state index is 0.00457. The maximum atomic E-state index is 11.9. The molecule has 1 amide bonds. The van der Waals surface area contributed by atoms with Gasteiger partial charge in [0.1, 0.15) is 5.75 Å². The van der Waals surface area contributed by atoms with E-state index >= 15 is 0 Å². The molecule has 0 aliphatic rings. The number of ether oxygens (including phenoxy) is 1. The Hall–Kier alpha value is -1.81. The van der Waals surface area contributed by atoms with Crippen molar-refractivity contribution in [2.24, 2.45) is 0 Å². The van der Waals surface area contributed by atoms with Gasteiger partial charge in [-0.25, -0.2) is 0 Å². The number of hydrogen-bond acceptors (Lipinski definition) is 2. The number of halogens is 1. The first-order valence-corrected chi connectivity index (χ1v) is 7.51. The molecule has 0 unspecified atom stereocenters. The molecule has 0 atom stereocenters. The van der Waals surface area contributed by atoms with Gasteiger partial charge in [-0.15, -0.1) is 0 Å². The van der Waals surface area contributed by atoms with Crippen LogP contribution in [0.4, 0.5) is 5.69 Å². The topological polar surface area (TPSA) is 38.3 Å². The van der Waals surface area contributed by atoms with E-state index in [1.165, 1.54) is 5.56 Å². The predicted octanol–water partition coefficient (Wildman–Crippen LogP) is 4.39. The molecule has 0 saturated heterocycles. The Morgan fingerprint density at radius 3 is 2.52 bits per heavy atom. The first kappa shape index (κ1) is 15.6. The van der Waals surface area contributed by atoms with E-state index in [9.17, 15) is 4.79 Å². The number of carbonyl (C=O) groups is 1. The molecule has 0 aromatic heterocycles. The molecule has 3 nitrogen and oxygen atoms in total. The smallest absolute Gasteiger partial charge is 0.262 e. The van der Waals surface area contributed by atoms with Gasteiger partial charge in [-0.1, -0.05) is 39.7 Å². The molecule has 0 saturated carbocycles. The van der Waals surface area contributed by atoms with Crippen molar-refractivity contribution in [3.63, 3.8) is 0 Å². The van der Waals surface area contributed by atoms with Gasteiger partial charge in [-0.2, -0.15) is 0 Å². The van der Waals surface area contributed by atoms with Crippen LogP contribution in [0.1, 0.15) is 16.7 Å². The molecule has 2 aromatic carbocycles. The van der Waals surface area contributed by atoms with Crippen LogP contribution in [0.5, 0.6) is 5.75 Å². The molecular formula is C17H18BrNO2. The summed E-state index contributed by atoms with van der Waals surface area (Å²) in [6.45, 7) is 5.99. The second-order valence-electron chi connectivity index (χ2n) is 5.07. The maximum Gasteiger partial charge on any atom is 0.262 e. The van der Waals surface area contributed by atoms with Gasteiger partial charge in [0.2, 0.25) is 0 Å². The molecule has 21 heavy (non-hydrogen) atoms. The lowest BCUT2D eigenvalue weighted by Gasteiger charge is -2.10. The Morgan fingerprint density at radius 1 is 1.10 bits per heavy atom. The molecule has 0 heterocycles. The van der Waals surface area contributed by atoms with Crippen molar-refractivity contribution in [3.8, 4) is 5.75 Å². The van der Waals surface area contributed by atoms with E-state index in [1.54, 1.807) is 0 Å². The van der Waals surface area contributed by atoms with E-state index < -0.39 is 0 Å². The number of aryl methyl sites for hydroxylation is 3. The zero-order valence-electron chi connectivity index (χ0n) is 12.4. The monoisotopic (exact) mass is 347 g/mol. The van der Waals surface area contributed by atoms with Crippen LogP contribution in [-0.4, -0.2) is 12.5 Å². The van der Waals surface area contributed by atoms with Crippen LogP contribution in [-0.2, 0) is 4.79 Å².